The van der Waals surface area contributed by atoms with Gasteiger partial charge in [-0.3, -0.25) is 0 Å². The zero-order valence-corrected chi connectivity index (χ0v) is 11.7. The first-order chi connectivity index (χ1) is 9.69. The Morgan fingerprint density at radius 2 is 1.85 bits per heavy atom. The standard InChI is InChI=1S/C18H16N2/c1-13-9-15(11-19)7-8-17(13)12-20-14(2)10-16-5-3-4-6-18(16)20/h3-10H,12H2,1-2H3. The van der Waals surface area contributed by atoms with Crippen LogP contribution in [-0.2, 0) is 6.54 Å². The van der Waals surface area contributed by atoms with Crippen LogP contribution in [0.25, 0.3) is 10.9 Å². The molecule has 0 amide bonds. The molecule has 0 saturated carbocycles. The lowest BCUT2D eigenvalue weighted by atomic mass is 10.1. The third-order valence-corrected chi connectivity index (χ3v) is 3.82. The molecule has 3 aromatic rings. The van der Waals surface area contributed by atoms with Crippen LogP contribution in [0, 0.1) is 25.2 Å². The Balaban J connectivity index is 2.06. The maximum atomic E-state index is 8.94. The highest BCUT2D eigenvalue weighted by Crippen LogP contribution is 2.22. The molecule has 0 bridgehead atoms. The molecule has 1 aromatic heterocycles. The minimum Gasteiger partial charge on any atom is -0.340 e. The molecular weight excluding hydrogens is 244 g/mol. The van der Waals surface area contributed by atoms with E-state index in [1.165, 1.54) is 27.7 Å². The lowest BCUT2D eigenvalue weighted by molar-refractivity contribution is 0.799. The summed E-state index contributed by atoms with van der Waals surface area (Å²) in [6.45, 7) is 5.05. The van der Waals surface area contributed by atoms with Gasteiger partial charge < -0.3 is 4.57 Å². The van der Waals surface area contributed by atoms with Crippen LogP contribution < -0.4 is 0 Å². The summed E-state index contributed by atoms with van der Waals surface area (Å²) >= 11 is 0. The van der Waals surface area contributed by atoms with Crippen LogP contribution >= 0.6 is 0 Å². The van der Waals surface area contributed by atoms with Crippen molar-refractivity contribution in [2.24, 2.45) is 0 Å². The summed E-state index contributed by atoms with van der Waals surface area (Å²) in [5.41, 5.74) is 5.67. The van der Waals surface area contributed by atoms with Crippen molar-refractivity contribution in [1.82, 2.24) is 4.57 Å². The normalized spacial score (nSPS) is 10.7. The second-order valence-electron chi connectivity index (χ2n) is 5.18. The molecule has 0 aliphatic heterocycles. The summed E-state index contributed by atoms with van der Waals surface area (Å²) in [7, 11) is 0. The lowest BCUT2D eigenvalue weighted by Crippen LogP contribution is -2.03. The zero-order valence-electron chi connectivity index (χ0n) is 11.7. The Hall–Kier alpha value is -2.53. The first-order valence-electron chi connectivity index (χ1n) is 6.73. The highest BCUT2D eigenvalue weighted by atomic mass is 15.0. The van der Waals surface area contributed by atoms with Crippen LogP contribution in [0.1, 0.15) is 22.4 Å². The molecule has 2 nitrogen and oxygen atoms in total. The monoisotopic (exact) mass is 260 g/mol. The van der Waals surface area contributed by atoms with Crippen LogP contribution in [0.15, 0.2) is 48.5 Å². The van der Waals surface area contributed by atoms with Gasteiger partial charge in [0.15, 0.2) is 0 Å². The van der Waals surface area contributed by atoms with Gasteiger partial charge in [0, 0.05) is 17.8 Å². The fraction of sp³-hybridized carbons (Fsp3) is 0.167. The van der Waals surface area contributed by atoms with E-state index in [0.717, 1.165) is 12.1 Å². The molecule has 0 spiro atoms. The summed E-state index contributed by atoms with van der Waals surface area (Å²) in [5.74, 6) is 0. The van der Waals surface area contributed by atoms with E-state index in [1.807, 2.05) is 12.1 Å². The van der Waals surface area contributed by atoms with Crippen molar-refractivity contribution < 1.29 is 0 Å². The molecule has 1 heterocycles. The molecule has 0 fully saturated rings. The minimum atomic E-state index is 0.723. The van der Waals surface area contributed by atoms with Gasteiger partial charge in [0.2, 0.25) is 0 Å². The van der Waals surface area contributed by atoms with Crippen LogP contribution in [0.5, 0.6) is 0 Å². The van der Waals surface area contributed by atoms with Gasteiger partial charge in [0.25, 0.3) is 0 Å². The molecule has 20 heavy (non-hydrogen) atoms. The number of aryl methyl sites for hydroxylation is 2. The smallest absolute Gasteiger partial charge is 0.0991 e. The molecule has 0 unspecified atom stereocenters. The first kappa shape index (κ1) is 12.5. The molecule has 2 heteroatoms. The number of aromatic nitrogens is 1. The van der Waals surface area contributed by atoms with Crippen molar-refractivity contribution in [3.05, 3.63) is 70.9 Å². The summed E-state index contributed by atoms with van der Waals surface area (Å²) < 4.78 is 2.32. The fourth-order valence-corrected chi connectivity index (χ4v) is 2.67. The predicted molar refractivity (Wildman–Crippen MR) is 81.7 cm³/mol. The number of para-hydroxylation sites is 1. The number of nitriles is 1. The van der Waals surface area contributed by atoms with E-state index in [4.69, 9.17) is 5.26 Å². The molecule has 0 N–H and O–H groups in total. The Labute approximate surface area is 118 Å². The van der Waals surface area contributed by atoms with Gasteiger partial charge >= 0.3 is 0 Å². The Bertz CT molecular complexity index is 819. The third-order valence-electron chi connectivity index (χ3n) is 3.82. The third kappa shape index (κ3) is 2.08. The number of benzene rings is 2. The van der Waals surface area contributed by atoms with Gasteiger partial charge in [-0.2, -0.15) is 5.26 Å². The average Bonchev–Trinajstić information content (AvgIpc) is 2.77. The number of rotatable bonds is 2. The van der Waals surface area contributed by atoms with Gasteiger partial charge in [0.05, 0.1) is 11.6 Å². The van der Waals surface area contributed by atoms with E-state index in [0.29, 0.717) is 0 Å². The zero-order chi connectivity index (χ0) is 14.1. The minimum absolute atomic E-state index is 0.723. The largest absolute Gasteiger partial charge is 0.340 e. The average molecular weight is 260 g/mol. The van der Waals surface area contributed by atoms with Gasteiger partial charge in [-0.25, -0.2) is 0 Å². The summed E-state index contributed by atoms with van der Waals surface area (Å²) in [6.07, 6.45) is 0. The molecule has 0 saturated heterocycles. The van der Waals surface area contributed by atoms with Crippen molar-refractivity contribution in [1.29, 1.82) is 5.26 Å². The van der Waals surface area contributed by atoms with Crippen molar-refractivity contribution in [2.75, 3.05) is 0 Å². The molecule has 0 aliphatic rings. The van der Waals surface area contributed by atoms with E-state index >= 15 is 0 Å². The molecule has 0 atom stereocenters. The van der Waals surface area contributed by atoms with E-state index in [-0.39, 0.29) is 0 Å². The highest BCUT2D eigenvalue weighted by Gasteiger charge is 2.07. The maximum absolute atomic E-state index is 8.94. The van der Waals surface area contributed by atoms with Crippen molar-refractivity contribution in [3.63, 3.8) is 0 Å². The van der Waals surface area contributed by atoms with E-state index < -0.39 is 0 Å². The number of fused-ring (bicyclic) bond motifs is 1. The van der Waals surface area contributed by atoms with Crippen molar-refractivity contribution >= 4 is 10.9 Å². The van der Waals surface area contributed by atoms with Crippen LogP contribution in [-0.4, -0.2) is 4.57 Å². The van der Waals surface area contributed by atoms with E-state index in [2.05, 4.69) is 60.9 Å². The maximum Gasteiger partial charge on any atom is 0.0991 e. The summed E-state index contributed by atoms with van der Waals surface area (Å²) in [6, 6.07) is 18.7. The van der Waals surface area contributed by atoms with E-state index in [9.17, 15) is 0 Å². The Morgan fingerprint density at radius 3 is 2.60 bits per heavy atom. The number of hydrogen-bond acceptors (Lipinski definition) is 1. The Morgan fingerprint density at radius 1 is 1.05 bits per heavy atom. The van der Waals surface area contributed by atoms with E-state index in [1.54, 1.807) is 0 Å². The Kier molecular flexibility index (Phi) is 3.04. The second-order valence-corrected chi connectivity index (χ2v) is 5.18. The van der Waals surface area contributed by atoms with Gasteiger partial charge in [0.1, 0.15) is 0 Å². The molecule has 3 rings (SSSR count). The molecular formula is C18H16N2. The highest BCUT2D eigenvalue weighted by molar-refractivity contribution is 5.81. The van der Waals surface area contributed by atoms with Crippen LogP contribution in [0.4, 0.5) is 0 Å². The predicted octanol–water partition coefficient (Wildman–Crippen LogP) is 4.18. The quantitative estimate of drug-likeness (QED) is 0.679. The molecule has 0 radical (unpaired) electrons. The summed E-state index contributed by atoms with van der Waals surface area (Å²) in [4.78, 5) is 0. The van der Waals surface area contributed by atoms with Crippen molar-refractivity contribution in [2.45, 2.75) is 20.4 Å². The summed E-state index contributed by atoms with van der Waals surface area (Å²) in [5, 5.41) is 10.2. The first-order valence-corrected chi connectivity index (χ1v) is 6.73. The topological polar surface area (TPSA) is 28.7 Å². The van der Waals surface area contributed by atoms with Crippen LogP contribution in [0.3, 0.4) is 0 Å². The second kappa shape index (κ2) is 4.86. The number of nitrogens with zero attached hydrogens (tertiary/aromatic N) is 2. The van der Waals surface area contributed by atoms with Crippen molar-refractivity contribution in [3.8, 4) is 6.07 Å². The van der Waals surface area contributed by atoms with Gasteiger partial charge in [-0.1, -0.05) is 24.3 Å². The molecule has 2 aromatic carbocycles. The number of hydrogen-bond donors (Lipinski definition) is 0. The fourth-order valence-electron chi connectivity index (χ4n) is 2.67. The lowest BCUT2D eigenvalue weighted by Gasteiger charge is -2.11. The van der Waals surface area contributed by atoms with Gasteiger partial charge in [-0.15, -0.1) is 0 Å². The SMILES string of the molecule is Cc1cc(C#N)ccc1Cn1c(C)cc2ccccc21. The molecule has 0 aliphatic carbocycles. The van der Waals surface area contributed by atoms with Crippen LogP contribution in [0.2, 0.25) is 0 Å². The molecule has 98 valence electrons. The van der Waals surface area contributed by atoms with Gasteiger partial charge in [-0.05, 0) is 54.6 Å².